The Morgan fingerprint density at radius 2 is 1.74 bits per heavy atom. The first-order chi connectivity index (χ1) is 12.5. The maximum Gasteiger partial charge on any atom is 0.338 e. The molecule has 0 spiro atoms. The molecule has 0 aromatic heterocycles. The van der Waals surface area contributed by atoms with Crippen LogP contribution in [0.2, 0.25) is 0 Å². The van der Waals surface area contributed by atoms with E-state index in [4.69, 9.17) is 4.74 Å². The van der Waals surface area contributed by atoms with Crippen LogP contribution in [0.5, 0.6) is 0 Å². The zero-order chi connectivity index (χ0) is 20.8. The van der Waals surface area contributed by atoms with Gasteiger partial charge in [0.05, 0.1) is 10.5 Å². The van der Waals surface area contributed by atoms with Crippen LogP contribution in [0.3, 0.4) is 0 Å². The van der Waals surface area contributed by atoms with Gasteiger partial charge in [0.1, 0.15) is 0 Å². The fraction of sp³-hybridized carbons (Fsp3) is 0.579. The lowest BCUT2D eigenvalue weighted by molar-refractivity contribution is -0.125. The Hall–Kier alpha value is -1.93. The van der Waals surface area contributed by atoms with Crippen molar-refractivity contribution in [1.82, 2.24) is 9.62 Å². The van der Waals surface area contributed by atoms with E-state index in [1.54, 1.807) is 26.8 Å². The lowest BCUT2D eigenvalue weighted by Gasteiger charge is -2.24. The molecule has 1 rings (SSSR count). The third-order valence-electron chi connectivity index (χ3n) is 4.44. The molecule has 1 amide bonds. The molecule has 0 heterocycles. The molecule has 0 aliphatic carbocycles. The number of aryl methyl sites for hydroxylation is 1. The Bertz CT molecular complexity index is 783. The molecule has 0 aliphatic rings. The SMILES string of the molecule is CCN(CC)S(=O)(=O)c1cc(C(=O)OCC(=O)NC(C)(C)CC)ccc1C. The van der Waals surface area contributed by atoms with E-state index in [2.05, 4.69) is 5.32 Å². The van der Waals surface area contributed by atoms with Crippen molar-refractivity contribution in [3.05, 3.63) is 29.3 Å². The first kappa shape index (κ1) is 23.1. The highest BCUT2D eigenvalue weighted by Gasteiger charge is 2.25. The highest BCUT2D eigenvalue weighted by molar-refractivity contribution is 7.89. The van der Waals surface area contributed by atoms with Crippen molar-refractivity contribution in [2.24, 2.45) is 0 Å². The summed E-state index contributed by atoms with van der Waals surface area (Å²) in [6.45, 7) is 11.1. The number of amides is 1. The van der Waals surface area contributed by atoms with Crippen LogP contribution in [0.25, 0.3) is 0 Å². The molecule has 0 atom stereocenters. The number of esters is 1. The molecule has 1 N–H and O–H groups in total. The second kappa shape index (κ2) is 9.32. The van der Waals surface area contributed by atoms with Crippen LogP contribution in [-0.4, -0.2) is 49.8 Å². The van der Waals surface area contributed by atoms with Gasteiger partial charge in [-0.2, -0.15) is 4.31 Å². The van der Waals surface area contributed by atoms with Crippen molar-refractivity contribution in [2.45, 2.75) is 58.4 Å². The van der Waals surface area contributed by atoms with Gasteiger partial charge in [-0.15, -0.1) is 0 Å². The fourth-order valence-corrected chi connectivity index (χ4v) is 4.13. The summed E-state index contributed by atoms with van der Waals surface area (Å²) in [5.74, 6) is -1.14. The minimum absolute atomic E-state index is 0.0669. The lowest BCUT2D eigenvalue weighted by Crippen LogP contribution is -2.44. The molecular formula is C19H30N2O5S. The normalized spacial score (nSPS) is 12.1. The molecule has 27 heavy (non-hydrogen) atoms. The van der Waals surface area contributed by atoms with Crippen molar-refractivity contribution in [2.75, 3.05) is 19.7 Å². The van der Waals surface area contributed by atoms with Crippen LogP contribution < -0.4 is 5.32 Å². The standard InChI is InChI=1S/C19H30N2O5S/c1-7-19(5,6)20-17(22)13-26-18(23)15-11-10-14(4)16(12-15)27(24,25)21(8-2)9-3/h10-12H,7-9,13H2,1-6H3,(H,20,22). The zero-order valence-corrected chi connectivity index (χ0v) is 17.8. The van der Waals surface area contributed by atoms with Gasteiger partial charge in [0.2, 0.25) is 10.0 Å². The maximum atomic E-state index is 12.8. The number of nitrogens with one attached hydrogen (secondary N) is 1. The molecule has 0 aliphatic heterocycles. The molecule has 152 valence electrons. The van der Waals surface area contributed by atoms with Crippen LogP contribution in [0.15, 0.2) is 23.1 Å². The number of carbonyl (C=O) groups is 2. The molecule has 1 aromatic carbocycles. The van der Waals surface area contributed by atoms with Gasteiger partial charge in [0.15, 0.2) is 6.61 Å². The van der Waals surface area contributed by atoms with E-state index in [-0.39, 0.29) is 10.5 Å². The maximum absolute atomic E-state index is 12.8. The number of hydrogen-bond acceptors (Lipinski definition) is 5. The minimum atomic E-state index is -3.70. The largest absolute Gasteiger partial charge is 0.452 e. The number of hydrogen-bond donors (Lipinski definition) is 1. The van der Waals surface area contributed by atoms with Crippen LogP contribution in [0.4, 0.5) is 0 Å². The summed E-state index contributed by atoms with van der Waals surface area (Å²) in [5.41, 5.74) is 0.244. The smallest absolute Gasteiger partial charge is 0.338 e. The van der Waals surface area contributed by atoms with Crippen LogP contribution >= 0.6 is 0 Å². The van der Waals surface area contributed by atoms with E-state index in [1.807, 2.05) is 20.8 Å². The van der Waals surface area contributed by atoms with Gasteiger partial charge < -0.3 is 10.1 Å². The van der Waals surface area contributed by atoms with Gasteiger partial charge in [0, 0.05) is 18.6 Å². The average molecular weight is 399 g/mol. The second-order valence-electron chi connectivity index (χ2n) is 6.93. The summed E-state index contributed by atoms with van der Waals surface area (Å²) < 4.78 is 31.9. The predicted octanol–water partition coefficient (Wildman–Crippen LogP) is 2.49. The molecule has 7 nitrogen and oxygen atoms in total. The second-order valence-corrected chi connectivity index (χ2v) is 8.84. The van der Waals surface area contributed by atoms with Crippen LogP contribution in [-0.2, 0) is 19.6 Å². The summed E-state index contributed by atoms with van der Waals surface area (Å²) in [4.78, 5) is 24.2. The Morgan fingerprint density at radius 1 is 1.15 bits per heavy atom. The van der Waals surface area contributed by atoms with Gasteiger partial charge in [-0.3, -0.25) is 4.79 Å². The first-order valence-corrected chi connectivity index (χ1v) is 10.5. The molecule has 1 aromatic rings. The van der Waals surface area contributed by atoms with Gasteiger partial charge in [-0.1, -0.05) is 26.8 Å². The van der Waals surface area contributed by atoms with Gasteiger partial charge in [0.25, 0.3) is 5.91 Å². The van der Waals surface area contributed by atoms with Crippen LogP contribution in [0.1, 0.15) is 57.0 Å². The zero-order valence-electron chi connectivity index (χ0n) is 17.0. The highest BCUT2D eigenvalue weighted by atomic mass is 32.2. The van der Waals surface area contributed by atoms with Crippen molar-refractivity contribution >= 4 is 21.9 Å². The predicted molar refractivity (Wildman–Crippen MR) is 104 cm³/mol. The van der Waals surface area contributed by atoms with E-state index < -0.39 is 34.0 Å². The van der Waals surface area contributed by atoms with E-state index in [1.165, 1.54) is 16.4 Å². The highest BCUT2D eigenvalue weighted by Crippen LogP contribution is 2.21. The third kappa shape index (κ3) is 6.04. The number of ether oxygens (including phenoxy) is 1. The molecule has 8 heteroatoms. The molecule has 0 saturated carbocycles. The van der Waals surface area contributed by atoms with E-state index >= 15 is 0 Å². The lowest BCUT2D eigenvalue weighted by atomic mass is 10.0. The average Bonchev–Trinajstić information content (AvgIpc) is 2.60. The Balaban J connectivity index is 2.96. The summed E-state index contributed by atoms with van der Waals surface area (Å²) in [7, 11) is -3.70. The Labute approximate surface area is 162 Å². The van der Waals surface area contributed by atoms with Crippen LogP contribution in [0, 0.1) is 6.92 Å². The number of rotatable bonds is 9. The number of sulfonamides is 1. The topological polar surface area (TPSA) is 92.8 Å². The molecule has 0 radical (unpaired) electrons. The molecule has 0 unspecified atom stereocenters. The van der Waals surface area contributed by atoms with Crippen molar-refractivity contribution in [1.29, 1.82) is 0 Å². The van der Waals surface area contributed by atoms with E-state index in [0.717, 1.165) is 6.42 Å². The summed E-state index contributed by atoms with van der Waals surface area (Å²) in [5, 5.41) is 2.77. The molecular weight excluding hydrogens is 368 g/mol. The fourth-order valence-electron chi connectivity index (χ4n) is 2.42. The Morgan fingerprint density at radius 3 is 2.26 bits per heavy atom. The van der Waals surface area contributed by atoms with Crippen molar-refractivity contribution in [3.63, 3.8) is 0 Å². The Kier molecular flexibility index (Phi) is 7.98. The van der Waals surface area contributed by atoms with E-state index in [9.17, 15) is 18.0 Å². The number of carbonyl (C=O) groups excluding carboxylic acids is 2. The molecule has 0 bridgehead atoms. The minimum Gasteiger partial charge on any atom is -0.452 e. The number of benzene rings is 1. The molecule has 0 saturated heterocycles. The number of nitrogens with zero attached hydrogens (tertiary/aromatic N) is 1. The van der Waals surface area contributed by atoms with Gasteiger partial charge in [-0.25, -0.2) is 13.2 Å². The molecule has 0 fully saturated rings. The van der Waals surface area contributed by atoms with E-state index in [0.29, 0.717) is 18.7 Å². The summed E-state index contributed by atoms with van der Waals surface area (Å²) in [6, 6.07) is 4.36. The monoisotopic (exact) mass is 398 g/mol. The van der Waals surface area contributed by atoms with Crippen molar-refractivity contribution < 1.29 is 22.7 Å². The van der Waals surface area contributed by atoms with Crippen molar-refractivity contribution in [3.8, 4) is 0 Å². The van der Waals surface area contributed by atoms with Gasteiger partial charge >= 0.3 is 5.97 Å². The first-order valence-electron chi connectivity index (χ1n) is 9.07. The van der Waals surface area contributed by atoms with Gasteiger partial charge in [-0.05, 0) is 44.9 Å². The third-order valence-corrected chi connectivity index (χ3v) is 6.64. The summed E-state index contributed by atoms with van der Waals surface area (Å²) in [6.07, 6.45) is 0.733. The quantitative estimate of drug-likeness (QED) is 0.645. The summed E-state index contributed by atoms with van der Waals surface area (Å²) >= 11 is 0.